The molecule has 0 radical (unpaired) electrons. The number of carbonyl (C=O) groups excluding carboxylic acids is 1. The fraction of sp³-hybridized carbons (Fsp3) is 0.684. The summed E-state index contributed by atoms with van der Waals surface area (Å²) in [4.78, 5) is 20.3. The first-order chi connectivity index (χ1) is 24.7. The molecule has 0 aliphatic heterocycles. The summed E-state index contributed by atoms with van der Waals surface area (Å²) >= 11 is 0. The van der Waals surface area contributed by atoms with Crippen molar-refractivity contribution in [3.8, 4) is 23.3 Å². The molecule has 2 atom stereocenters. The van der Waals surface area contributed by atoms with E-state index in [9.17, 15) is 13.2 Å². The number of Topliss-reactive ketones (excluding diaryl/α,β-unsaturated/α-hetero) is 1. The number of ketones is 1. The van der Waals surface area contributed by atoms with Gasteiger partial charge in [-0.3, -0.25) is 9.93 Å². The molecular formula is C38H66N4O9S2. The van der Waals surface area contributed by atoms with E-state index in [4.69, 9.17) is 33.6 Å². The zero-order valence-electron chi connectivity index (χ0n) is 34.5. The lowest BCUT2D eigenvalue weighted by Gasteiger charge is -2.17. The summed E-state index contributed by atoms with van der Waals surface area (Å²) in [5.74, 6) is 2.44. The van der Waals surface area contributed by atoms with Gasteiger partial charge in [-0.2, -0.15) is 4.40 Å². The number of pyridine rings is 2. The van der Waals surface area contributed by atoms with Crippen LogP contribution in [-0.2, 0) is 49.1 Å². The van der Waals surface area contributed by atoms with E-state index >= 15 is 0 Å². The van der Waals surface area contributed by atoms with Gasteiger partial charge < -0.3 is 28.4 Å². The zero-order chi connectivity index (χ0) is 40.8. The molecule has 0 amide bonds. The van der Waals surface area contributed by atoms with Crippen molar-refractivity contribution in [2.24, 2.45) is 21.4 Å². The van der Waals surface area contributed by atoms with E-state index in [0.717, 1.165) is 29.7 Å². The van der Waals surface area contributed by atoms with Gasteiger partial charge in [0.25, 0.3) is 11.8 Å². The average Bonchev–Trinajstić information content (AvgIpc) is 3.08. The summed E-state index contributed by atoms with van der Waals surface area (Å²) in [5.41, 5.74) is 2.67. The highest BCUT2D eigenvalue weighted by Crippen LogP contribution is 2.27. The smallest absolute Gasteiger partial charge is 0.256 e. The van der Waals surface area contributed by atoms with Crippen molar-refractivity contribution in [2.45, 2.75) is 104 Å². The van der Waals surface area contributed by atoms with Gasteiger partial charge in [0.15, 0.2) is 11.5 Å². The fourth-order valence-corrected chi connectivity index (χ4v) is 4.38. The Morgan fingerprint density at radius 2 is 1.13 bits per heavy atom. The van der Waals surface area contributed by atoms with E-state index in [1.165, 1.54) is 0 Å². The normalized spacial score (nSPS) is 13.0. The molecule has 53 heavy (non-hydrogen) atoms. The van der Waals surface area contributed by atoms with Gasteiger partial charge in [0, 0.05) is 77.1 Å². The van der Waals surface area contributed by atoms with Crippen molar-refractivity contribution >= 4 is 33.5 Å². The quantitative estimate of drug-likeness (QED) is 0.125. The van der Waals surface area contributed by atoms with Crippen LogP contribution in [0.4, 0.5) is 0 Å². The molecule has 0 aromatic carbocycles. The lowest BCUT2D eigenvalue weighted by atomic mass is 10.0. The third-order valence-corrected chi connectivity index (χ3v) is 9.69. The van der Waals surface area contributed by atoms with Crippen molar-refractivity contribution in [1.82, 2.24) is 9.97 Å². The maximum atomic E-state index is 12.4. The first-order valence-electron chi connectivity index (χ1n) is 17.7. The molecule has 2 rings (SSSR count). The van der Waals surface area contributed by atoms with Crippen molar-refractivity contribution < 1.29 is 41.6 Å². The minimum absolute atomic E-state index is 0.0168. The summed E-state index contributed by atoms with van der Waals surface area (Å²) in [6, 6.07) is 3.73. The van der Waals surface area contributed by atoms with Crippen molar-refractivity contribution in [3.63, 3.8) is 0 Å². The number of aromatic nitrogens is 2. The molecule has 0 aliphatic carbocycles. The Labute approximate surface area is 323 Å². The molecule has 0 fully saturated rings. The Balaban J connectivity index is 0.000000884. The number of nitrogens with two attached hydrogens (primary N) is 1. The van der Waals surface area contributed by atoms with E-state index in [0.29, 0.717) is 62.5 Å². The zero-order valence-corrected chi connectivity index (χ0v) is 36.2. The number of methoxy groups -OCH3 is 4. The Morgan fingerprint density at radius 1 is 0.717 bits per heavy atom. The fourth-order valence-electron chi connectivity index (χ4n) is 3.62. The molecule has 2 aromatic heterocycles. The molecule has 15 heteroatoms. The van der Waals surface area contributed by atoms with Crippen LogP contribution in [-0.4, -0.2) is 94.2 Å². The third-order valence-electron chi connectivity index (χ3n) is 7.04. The number of nitrogens with zero attached hydrogens (tertiary/aromatic N) is 3. The summed E-state index contributed by atoms with van der Waals surface area (Å²) in [6.07, 6.45) is 5.91. The van der Waals surface area contributed by atoms with Crippen LogP contribution in [0.1, 0.15) is 93.2 Å². The van der Waals surface area contributed by atoms with Gasteiger partial charge in [0.2, 0.25) is 0 Å². The summed E-state index contributed by atoms with van der Waals surface area (Å²) in [5, 5.41) is 5.04. The Kier molecular flexibility index (Phi) is 24.5. The second-order valence-corrected chi connectivity index (χ2v) is 18.3. The van der Waals surface area contributed by atoms with Crippen molar-refractivity contribution in [3.05, 3.63) is 35.7 Å². The monoisotopic (exact) mass is 786 g/mol. The third kappa shape index (κ3) is 21.5. The molecule has 304 valence electrons. The highest BCUT2D eigenvalue weighted by atomic mass is 32.2. The minimum atomic E-state index is -1.28. The van der Waals surface area contributed by atoms with E-state index < -0.39 is 22.0 Å². The van der Waals surface area contributed by atoms with Gasteiger partial charge in [-0.25, -0.2) is 18.4 Å². The second-order valence-electron chi connectivity index (χ2n) is 14.6. The van der Waals surface area contributed by atoms with E-state index in [1.54, 1.807) is 40.8 Å². The van der Waals surface area contributed by atoms with Crippen LogP contribution in [0, 0.1) is 11.8 Å². The molecule has 0 aliphatic rings. The summed E-state index contributed by atoms with van der Waals surface area (Å²) in [6.45, 7) is 21.5. The number of rotatable bonds is 19. The number of ether oxygens (including phenoxy) is 6. The van der Waals surface area contributed by atoms with Gasteiger partial charge in [-0.15, -0.1) is 0 Å². The number of hydrogen-bond acceptors (Lipinski definition) is 11. The van der Waals surface area contributed by atoms with Gasteiger partial charge >= 0.3 is 0 Å². The summed E-state index contributed by atoms with van der Waals surface area (Å²) < 4.78 is 58.4. The van der Waals surface area contributed by atoms with Gasteiger partial charge in [-0.05, 0) is 70.7 Å². The van der Waals surface area contributed by atoms with Crippen LogP contribution in [0.25, 0.3) is 0 Å². The SMILES string of the molecule is CC(C)(C)[S@](N)=O.COCCCOc1cc(CC(=N[S@](=O)C(C)(C)C)C(C)C)cnc1OC.COCCCOc1cc(CC(=O)C(C)C)cnc1OC. The molecule has 13 nitrogen and oxygen atoms in total. The second kappa shape index (κ2) is 25.9. The van der Waals surface area contributed by atoms with Gasteiger partial charge in [0.1, 0.15) is 16.8 Å². The predicted octanol–water partition coefficient (Wildman–Crippen LogP) is 6.29. The summed E-state index contributed by atoms with van der Waals surface area (Å²) in [7, 11) is 3.96. The van der Waals surface area contributed by atoms with Gasteiger partial charge in [0.05, 0.1) is 47.9 Å². The largest absolute Gasteiger partial charge is 0.488 e. The Morgan fingerprint density at radius 3 is 1.45 bits per heavy atom. The van der Waals surface area contributed by atoms with Crippen LogP contribution in [0.2, 0.25) is 0 Å². The molecule has 0 spiro atoms. The van der Waals surface area contributed by atoms with Crippen LogP contribution in [0.3, 0.4) is 0 Å². The molecule has 2 N–H and O–H groups in total. The van der Waals surface area contributed by atoms with Crippen LogP contribution in [0.5, 0.6) is 23.3 Å². The lowest BCUT2D eigenvalue weighted by Crippen LogP contribution is -2.27. The molecule has 0 saturated heterocycles. The van der Waals surface area contributed by atoms with Gasteiger partial charge in [-0.1, -0.05) is 27.7 Å². The Hall–Kier alpha value is -2.98. The molecule has 0 bridgehead atoms. The standard InChI is InChI=1S/C19H32N2O4S.C15H23NO4.C4H11NOS/c1-14(2)16(21-26(22)19(3,4)5)11-15-12-17(18(24-7)20-13-15)25-10-8-9-23-6;1-11(2)13(17)8-12-9-14(15(19-4)16-10-12)20-7-5-6-18-3;1-4(2,3)7(5)6/h12-14H,8-11H2,1-7H3;9-11H,5-8H2,1-4H3;5H2,1-3H3/t26-;;7-/m1.1/s1. The maximum Gasteiger partial charge on any atom is 0.256 e. The number of carbonyl (C=O) groups is 1. The predicted molar refractivity (Wildman–Crippen MR) is 215 cm³/mol. The van der Waals surface area contributed by atoms with Crippen LogP contribution >= 0.6 is 0 Å². The first-order valence-corrected chi connectivity index (χ1v) is 20.0. The molecular weight excluding hydrogens is 721 g/mol. The van der Waals surface area contributed by atoms with E-state index in [1.807, 2.05) is 67.5 Å². The van der Waals surface area contributed by atoms with Crippen LogP contribution in [0.15, 0.2) is 28.9 Å². The lowest BCUT2D eigenvalue weighted by molar-refractivity contribution is -0.121. The highest BCUT2D eigenvalue weighted by molar-refractivity contribution is 7.85. The average molecular weight is 787 g/mol. The topological polar surface area (TPSA) is 171 Å². The first kappa shape index (κ1) is 50.0. The van der Waals surface area contributed by atoms with Crippen LogP contribution < -0.4 is 24.1 Å². The number of hydrogen-bond donors (Lipinski definition) is 1. The minimum Gasteiger partial charge on any atom is -0.488 e. The molecule has 0 unspecified atom stereocenters. The molecule has 2 aromatic rings. The van der Waals surface area contributed by atoms with Crippen molar-refractivity contribution in [2.75, 3.05) is 54.9 Å². The van der Waals surface area contributed by atoms with Crippen molar-refractivity contribution in [1.29, 1.82) is 0 Å². The Bertz CT molecular complexity index is 1440. The molecule has 2 heterocycles. The van der Waals surface area contributed by atoms with E-state index in [2.05, 4.69) is 28.2 Å². The molecule has 0 saturated carbocycles. The highest BCUT2D eigenvalue weighted by Gasteiger charge is 2.21. The maximum absolute atomic E-state index is 12.4. The van der Waals surface area contributed by atoms with E-state index in [-0.39, 0.29) is 27.1 Å².